The average molecular weight is 273 g/mol. The van der Waals surface area contributed by atoms with E-state index in [1.165, 1.54) is 5.19 Å². The highest BCUT2D eigenvalue weighted by Gasteiger charge is 2.16. The predicted octanol–water partition coefficient (Wildman–Crippen LogP) is 3.34. The smallest absolute Gasteiger partial charge is 0.178 e. The molecule has 0 saturated carbocycles. The van der Waals surface area contributed by atoms with E-state index in [9.17, 15) is 0 Å². The minimum absolute atomic E-state index is 0.404. The standard InChI is InChI=1S/C17H24NSi/c1-13-12-18(3)14(2)11-17(13)15-7-9-16(10-8-15)19(4,5)6/h7-12H,1-6H3/q+1/i1D3. The van der Waals surface area contributed by atoms with E-state index in [1.807, 2.05) is 24.6 Å². The molecule has 0 fully saturated rings. The number of hydrogen-bond donors (Lipinski definition) is 0. The lowest BCUT2D eigenvalue weighted by atomic mass is 10.0. The molecular weight excluding hydrogens is 246 g/mol. The zero-order valence-electron chi connectivity index (χ0n) is 15.4. The summed E-state index contributed by atoms with van der Waals surface area (Å²) in [5.41, 5.74) is 3.22. The van der Waals surface area contributed by atoms with E-state index in [1.54, 1.807) is 6.20 Å². The summed E-state index contributed by atoms with van der Waals surface area (Å²) in [5, 5.41) is 1.38. The van der Waals surface area contributed by atoms with Crippen LogP contribution in [0.25, 0.3) is 11.1 Å². The van der Waals surface area contributed by atoms with Gasteiger partial charge in [-0.2, -0.15) is 0 Å². The van der Waals surface area contributed by atoms with Crippen LogP contribution >= 0.6 is 0 Å². The molecule has 0 N–H and O–H groups in total. The molecule has 2 heteroatoms. The lowest BCUT2D eigenvalue weighted by Crippen LogP contribution is -2.37. The van der Waals surface area contributed by atoms with Gasteiger partial charge in [-0.3, -0.25) is 0 Å². The van der Waals surface area contributed by atoms with Crippen molar-refractivity contribution in [3.63, 3.8) is 0 Å². The fraction of sp³-hybridized carbons (Fsp3) is 0.353. The maximum Gasteiger partial charge on any atom is 0.178 e. The van der Waals surface area contributed by atoms with Crippen molar-refractivity contribution in [3.8, 4) is 11.1 Å². The van der Waals surface area contributed by atoms with Crippen molar-refractivity contribution in [2.75, 3.05) is 0 Å². The topological polar surface area (TPSA) is 3.88 Å². The molecule has 0 saturated heterocycles. The van der Waals surface area contributed by atoms with Gasteiger partial charge in [0.25, 0.3) is 0 Å². The Bertz CT molecular complexity index is 683. The fourth-order valence-corrected chi connectivity index (χ4v) is 3.31. The van der Waals surface area contributed by atoms with Gasteiger partial charge in [0.15, 0.2) is 11.9 Å². The van der Waals surface area contributed by atoms with E-state index in [0.29, 0.717) is 5.56 Å². The monoisotopic (exact) mass is 273 g/mol. The van der Waals surface area contributed by atoms with Gasteiger partial charge in [0.05, 0.1) is 8.07 Å². The summed E-state index contributed by atoms with van der Waals surface area (Å²) in [6.07, 6.45) is 1.73. The van der Waals surface area contributed by atoms with Crippen molar-refractivity contribution in [1.82, 2.24) is 0 Å². The number of pyridine rings is 1. The zero-order chi connectivity index (χ0) is 16.7. The minimum atomic E-state index is -2.11. The fourth-order valence-electron chi connectivity index (χ4n) is 2.14. The molecule has 0 aliphatic rings. The van der Waals surface area contributed by atoms with Crippen LogP contribution in [0.3, 0.4) is 0 Å². The number of hydrogen-bond acceptors (Lipinski definition) is 0. The second kappa shape index (κ2) is 4.93. The first kappa shape index (κ1) is 10.4. The Morgan fingerprint density at radius 3 is 2.26 bits per heavy atom. The van der Waals surface area contributed by atoms with E-state index < -0.39 is 14.9 Å². The molecular formula is C17H24NSi+. The Morgan fingerprint density at radius 2 is 1.74 bits per heavy atom. The van der Waals surface area contributed by atoms with E-state index >= 15 is 0 Å². The average Bonchev–Trinajstić information content (AvgIpc) is 2.39. The molecule has 0 spiro atoms. The summed E-state index contributed by atoms with van der Waals surface area (Å²) >= 11 is 0. The van der Waals surface area contributed by atoms with Crippen molar-refractivity contribution in [2.24, 2.45) is 7.05 Å². The summed E-state index contributed by atoms with van der Waals surface area (Å²) in [5.74, 6) is 0. The molecule has 1 heterocycles. The van der Waals surface area contributed by atoms with Gasteiger partial charge in [-0.15, -0.1) is 0 Å². The van der Waals surface area contributed by atoms with Gasteiger partial charge in [-0.25, -0.2) is 4.57 Å². The van der Waals surface area contributed by atoms with Gasteiger partial charge in [-0.05, 0) is 18.0 Å². The van der Waals surface area contributed by atoms with Gasteiger partial charge in [0.2, 0.25) is 0 Å². The summed E-state index contributed by atoms with van der Waals surface area (Å²) in [4.78, 5) is 0. The lowest BCUT2D eigenvalue weighted by molar-refractivity contribution is -0.677. The quantitative estimate of drug-likeness (QED) is 0.584. The molecule has 2 aromatic rings. The molecule has 0 bridgehead atoms. The number of nitrogens with zero attached hydrogens (tertiary/aromatic N) is 1. The van der Waals surface area contributed by atoms with Crippen LogP contribution in [-0.2, 0) is 7.05 Å². The highest BCUT2D eigenvalue weighted by atomic mass is 28.3. The molecule has 1 aromatic heterocycles. The number of benzene rings is 1. The van der Waals surface area contributed by atoms with Gasteiger partial charge >= 0.3 is 0 Å². The molecule has 100 valence electrons. The third-order valence-electron chi connectivity index (χ3n) is 3.58. The van der Waals surface area contributed by atoms with Crippen molar-refractivity contribution in [3.05, 3.63) is 47.8 Å². The van der Waals surface area contributed by atoms with Crippen LogP contribution in [0.5, 0.6) is 0 Å². The summed E-state index contributed by atoms with van der Waals surface area (Å²) in [6, 6.07) is 10.4. The molecule has 1 nitrogen and oxygen atoms in total. The molecule has 0 radical (unpaired) electrons. The highest BCUT2D eigenvalue weighted by molar-refractivity contribution is 6.88. The second-order valence-electron chi connectivity index (χ2n) is 6.18. The molecule has 19 heavy (non-hydrogen) atoms. The van der Waals surface area contributed by atoms with Crippen LogP contribution in [0.2, 0.25) is 19.6 Å². The predicted molar refractivity (Wildman–Crippen MR) is 85.5 cm³/mol. The van der Waals surface area contributed by atoms with Crippen LogP contribution in [0, 0.1) is 13.8 Å². The summed E-state index contributed by atoms with van der Waals surface area (Å²) in [7, 11) is 0.535. The molecule has 2 rings (SSSR count). The molecule has 0 aliphatic heterocycles. The Kier molecular flexibility index (Phi) is 2.69. The number of aromatic nitrogens is 1. The first-order chi connectivity index (χ1) is 10.00. The Hall–Kier alpha value is -1.41. The van der Waals surface area contributed by atoms with E-state index in [0.717, 1.165) is 16.8 Å². The number of rotatable bonds is 2. The molecule has 0 amide bonds. The Morgan fingerprint density at radius 1 is 1.11 bits per heavy atom. The van der Waals surface area contributed by atoms with Gasteiger partial charge in [0, 0.05) is 22.7 Å². The first-order valence-corrected chi connectivity index (χ1v) is 10.1. The minimum Gasteiger partial charge on any atom is -0.205 e. The van der Waals surface area contributed by atoms with E-state index in [4.69, 9.17) is 4.11 Å². The molecule has 0 unspecified atom stereocenters. The third-order valence-corrected chi connectivity index (χ3v) is 5.65. The van der Waals surface area contributed by atoms with Crippen LogP contribution in [0.1, 0.15) is 15.4 Å². The molecule has 1 aromatic carbocycles. The van der Waals surface area contributed by atoms with Crippen LogP contribution in [0.4, 0.5) is 0 Å². The highest BCUT2D eigenvalue weighted by Crippen LogP contribution is 2.22. The van der Waals surface area contributed by atoms with Crippen molar-refractivity contribution in [2.45, 2.75) is 33.4 Å². The second-order valence-corrected chi connectivity index (χ2v) is 11.3. The lowest BCUT2D eigenvalue weighted by Gasteiger charge is -2.17. The summed E-state index contributed by atoms with van der Waals surface area (Å²) < 4.78 is 25.3. The van der Waals surface area contributed by atoms with Gasteiger partial charge in [0.1, 0.15) is 7.05 Å². The summed E-state index contributed by atoms with van der Waals surface area (Å²) in [6.45, 7) is 6.80. The third kappa shape index (κ3) is 2.95. The number of aryl methyl sites for hydroxylation is 3. The zero-order valence-corrected chi connectivity index (χ0v) is 13.4. The molecule has 0 atom stereocenters. The van der Waals surface area contributed by atoms with Crippen molar-refractivity contribution < 1.29 is 8.68 Å². The van der Waals surface area contributed by atoms with E-state index in [-0.39, 0.29) is 0 Å². The normalized spacial score (nSPS) is 14.7. The molecule has 0 aliphatic carbocycles. The van der Waals surface area contributed by atoms with Gasteiger partial charge in [-0.1, -0.05) is 49.1 Å². The SMILES string of the molecule is [2H]C([2H])([2H])c1c[n+](C)c(C)cc1-c1ccc([Si](C)(C)C)cc1. The van der Waals surface area contributed by atoms with Crippen LogP contribution in [0.15, 0.2) is 36.5 Å². The van der Waals surface area contributed by atoms with E-state index in [2.05, 4.69) is 43.9 Å². The maximum atomic E-state index is 7.80. The van der Waals surface area contributed by atoms with Crippen LogP contribution < -0.4 is 9.75 Å². The largest absolute Gasteiger partial charge is 0.205 e. The van der Waals surface area contributed by atoms with Crippen molar-refractivity contribution >= 4 is 13.3 Å². The Balaban J connectivity index is 2.59. The van der Waals surface area contributed by atoms with Crippen molar-refractivity contribution in [1.29, 1.82) is 0 Å². The maximum absolute atomic E-state index is 7.80. The van der Waals surface area contributed by atoms with Crippen LogP contribution in [-0.4, -0.2) is 8.07 Å². The van der Waals surface area contributed by atoms with Gasteiger partial charge < -0.3 is 0 Å². The Labute approximate surface area is 122 Å². The first-order valence-electron chi connectivity index (χ1n) is 8.12.